The summed E-state index contributed by atoms with van der Waals surface area (Å²) in [5, 5.41) is 25.8. The highest BCUT2D eigenvalue weighted by molar-refractivity contribution is 5.86. The van der Waals surface area contributed by atoms with Crippen LogP contribution < -0.4 is 0 Å². The lowest BCUT2D eigenvalue weighted by Crippen LogP contribution is -1.95. The van der Waals surface area contributed by atoms with Crippen molar-refractivity contribution in [1.82, 2.24) is 0 Å². The lowest BCUT2D eigenvalue weighted by Gasteiger charge is -2.05. The molecular weight excluding hydrogens is 264 g/mol. The number of rotatable bonds is 7. The third-order valence-corrected chi connectivity index (χ3v) is 2.23. The van der Waals surface area contributed by atoms with Gasteiger partial charge in [0.2, 0.25) is 0 Å². The lowest BCUT2D eigenvalue weighted by atomic mass is 10.0. The first-order valence-corrected chi connectivity index (χ1v) is 5.66. The number of carboxylic acid groups (broad SMARTS) is 2. The molecule has 0 saturated carbocycles. The van der Waals surface area contributed by atoms with E-state index in [4.69, 9.17) is 20.1 Å². The Labute approximate surface area is 115 Å². The van der Waals surface area contributed by atoms with Crippen LogP contribution in [-0.4, -0.2) is 34.1 Å². The predicted molar refractivity (Wildman–Crippen MR) is 71.7 cm³/mol. The van der Waals surface area contributed by atoms with Crippen molar-refractivity contribution in [3.8, 4) is 0 Å². The molecule has 106 valence electrons. The van der Waals surface area contributed by atoms with Crippen LogP contribution in [0.25, 0.3) is 12.2 Å². The van der Waals surface area contributed by atoms with Crippen LogP contribution in [0, 0.1) is 0 Å². The minimum Gasteiger partial charge on any atom is -0.478 e. The second kappa shape index (κ2) is 7.88. The summed E-state index contributed by atoms with van der Waals surface area (Å²) in [6.45, 7) is -0.297. The molecule has 20 heavy (non-hydrogen) atoms. The molecule has 0 bridgehead atoms. The van der Waals surface area contributed by atoms with Crippen LogP contribution in [0.2, 0.25) is 0 Å². The standard InChI is InChI=1S/C14H14O6/c15-9-20-8-12-6-10(1-3-13(16)17)5-11(7-12)2-4-14(18)19/h1-7,15H,8-9H2,(H,16,17)(H,18,19). The second-order valence-electron chi connectivity index (χ2n) is 3.83. The average Bonchev–Trinajstić information content (AvgIpc) is 2.40. The number of ether oxygens (including phenoxy) is 1. The van der Waals surface area contributed by atoms with Crippen LogP contribution in [0.15, 0.2) is 30.4 Å². The van der Waals surface area contributed by atoms with E-state index < -0.39 is 18.7 Å². The Balaban J connectivity index is 3.06. The molecule has 1 rings (SSSR count). The Bertz CT molecular complexity index is 502. The molecule has 0 radical (unpaired) electrons. The molecule has 0 aliphatic rings. The maximum absolute atomic E-state index is 10.5. The Hall–Kier alpha value is -2.44. The third-order valence-electron chi connectivity index (χ3n) is 2.23. The lowest BCUT2D eigenvalue weighted by molar-refractivity contribution is -0.132. The van der Waals surface area contributed by atoms with Crippen LogP contribution >= 0.6 is 0 Å². The van der Waals surface area contributed by atoms with E-state index in [2.05, 4.69) is 0 Å². The summed E-state index contributed by atoms with van der Waals surface area (Å²) in [4.78, 5) is 21.0. The SMILES string of the molecule is O=C(O)C=Cc1cc(C=CC(=O)O)cc(COCO)c1. The number of carboxylic acids is 2. The van der Waals surface area contributed by atoms with E-state index in [0.717, 1.165) is 12.2 Å². The number of hydrogen-bond donors (Lipinski definition) is 3. The van der Waals surface area contributed by atoms with E-state index in [9.17, 15) is 9.59 Å². The molecule has 0 unspecified atom stereocenters. The van der Waals surface area contributed by atoms with Crippen LogP contribution in [0.5, 0.6) is 0 Å². The highest BCUT2D eigenvalue weighted by Crippen LogP contribution is 2.14. The zero-order chi connectivity index (χ0) is 15.0. The summed E-state index contributed by atoms with van der Waals surface area (Å²) >= 11 is 0. The van der Waals surface area contributed by atoms with Crippen molar-refractivity contribution in [2.24, 2.45) is 0 Å². The Morgan fingerprint density at radius 2 is 1.50 bits per heavy atom. The van der Waals surface area contributed by atoms with Gasteiger partial charge < -0.3 is 20.1 Å². The summed E-state index contributed by atoms with van der Waals surface area (Å²) in [6.07, 6.45) is 4.75. The number of benzene rings is 1. The first-order chi connectivity index (χ1) is 9.51. The van der Waals surface area contributed by atoms with E-state index in [0.29, 0.717) is 16.7 Å². The molecule has 0 aliphatic heterocycles. The molecule has 6 heteroatoms. The normalized spacial score (nSPS) is 11.2. The Kier molecular flexibility index (Phi) is 6.15. The number of carbonyl (C=O) groups is 2. The van der Waals surface area contributed by atoms with Crippen LogP contribution in [0.1, 0.15) is 16.7 Å². The molecule has 0 atom stereocenters. The van der Waals surface area contributed by atoms with Crippen molar-refractivity contribution in [1.29, 1.82) is 0 Å². The Morgan fingerprint density at radius 1 is 1.00 bits per heavy atom. The number of hydrogen-bond acceptors (Lipinski definition) is 4. The summed E-state index contributed by atoms with van der Waals surface area (Å²) in [5.41, 5.74) is 1.88. The maximum atomic E-state index is 10.5. The number of aliphatic hydroxyl groups excluding tert-OH is 1. The summed E-state index contributed by atoms with van der Waals surface area (Å²) in [7, 11) is 0. The molecule has 1 aromatic rings. The first kappa shape index (κ1) is 15.6. The summed E-state index contributed by atoms with van der Waals surface area (Å²) in [5.74, 6) is -2.16. The van der Waals surface area contributed by atoms with E-state index in [1.165, 1.54) is 12.2 Å². The molecule has 0 saturated heterocycles. The largest absolute Gasteiger partial charge is 0.478 e. The van der Waals surface area contributed by atoms with E-state index in [1.54, 1.807) is 18.2 Å². The number of aliphatic carboxylic acids is 2. The smallest absolute Gasteiger partial charge is 0.328 e. The van der Waals surface area contributed by atoms with Crippen molar-refractivity contribution in [3.63, 3.8) is 0 Å². The molecule has 0 spiro atoms. The topological polar surface area (TPSA) is 104 Å². The van der Waals surface area contributed by atoms with Crippen molar-refractivity contribution in [3.05, 3.63) is 47.0 Å². The van der Waals surface area contributed by atoms with Gasteiger partial charge in [0.1, 0.15) is 6.79 Å². The fraction of sp³-hybridized carbons (Fsp3) is 0.143. The minimum atomic E-state index is -1.08. The van der Waals surface area contributed by atoms with Crippen LogP contribution in [0.3, 0.4) is 0 Å². The van der Waals surface area contributed by atoms with Gasteiger partial charge in [-0.2, -0.15) is 0 Å². The van der Waals surface area contributed by atoms with Crippen LogP contribution in [-0.2, 0) is 20.9 Å². The predicted octanol–water partition coefficient (Wildman–Crippen LogP) is 1.35. The molecule has 0 aliphatic carbocycles. The van der Waals surface area contributed by atoms with E-state index in [1.807, 2.05) is 0 Å². The highest BCUT2D eigenvalue weighted by Gasteiger charge is 2.00. The van der Waals surface area contributed by atoms with Gasteiger partial charge in [0.05, 0.1) is 6.61 Å². The fourth-order valence-corrected chi connectivity index (χ4v) is 1.52. The highest BCUT2D eigenvalue weighted by atomic mass is 16.6. The molecule has 1 aromatic carbocycles. The van der Waals surface area contributed by atoms with Crippen LogP contribution in [0.4, 0.5) is 0 Å². The molecule has 0 aromatic heterocycles. The van der Waals surface area contributed by atoms with Crippen molar-refractivity contribution in [2.45, 2.75) is 6.61 Å². The monoisotopic (exact) mass is 278 g/mol. The van der Waals surface area contributed by atoms with Crippen molar-refractivity contribution >= 4 is 24.1 Å². The molecule has 3 N–H and O–H groups in total. The summed E-state index contributed by atoms with van der Waals surface area (Å²) < 4.78 is 4.86. The van der Waals surface area contributed by atoms with Gasteiger partial charge in [0.15, 0.2) is 0 Å². The molecule has 0 heterocycles. The summed E-state index contributed by atoms with van der Waals surface area (Å²) in [6, 6.07) is 5.02. The van der Waals surface area contributed by atoms with Gasteiger partial charge in [-0.05, 0) is 47.0 Å². The zero-order valence-corrected chi connectivity index (χ0v) is 10.5. The molecular formula is C14H14O6. The zero-order valence-electron chi connectivity index (χ0n) is 10.5. The van der Waals surface area contributed by atoms with E-state index in [-0.39, 0.29) is 6.61 Å². The quantitative estimate of drug-likeness (QED) is 0.513. The maximum Gasteiger partial charge on any atom is 0.328 e. The van der Waals surface area contributed by atoms with Gasteiger partial charge >= 0.3 is 11.9 Å². The van der Waals surface area contributed by atoms with Crippen molar-refractivity contribution < 1.29 is 29.6 Å². The van der Waals surface area contributed by atoms with Gasteiger partial charge in [-0.25, -0.2) is 9.59 Å². The van der Waals surface area contributed by atoms with Gasteiger partial charge in [-0.1, -0.05) is 0 Å². The molecule has 6 nitrogen and oxygen atoms in total. The van der Waals surface area contributed by atoms with Gasteiger partial charge in [-0.15, -0.1) is 0 Å². The second-order valence-corrected chi connectivity index (χ2v) is 3.83. The minimum absolute atomic E-state index is 0.138. The Morgan fingerprint density at radius 3 is 1.90 bits per heavy atom. The molecule has 0 fully saturated rings. The van der Waals surface area contributed by atoms with Crippen molar-refractivity contribution in [2.75, 3.05) is 6.79 Å². The number of aliphatic hydroxyl groups is 1. The average molecular weight is 278 g/mol. The first-order valence-electron chi connectivity index (χ1n) is 5.66. The fourth-order valence-electron chi connectivity index (χ4n) is 1.52. The van der Waals surface area contributed by atoms with Gasteiger partial charge in [0, 0.05) is 12.2 Å². The van der Waals surface area contributed by atoms with E-state index >= 15 is 0 Å². The molecule has 0 amide bonds. The van der Waals surface area contributed by atoms with Gasteiger partial charge in [-0.3, -0.25) is 0 Å². The van der Waals surface area contributed by atoms with Gasteiger partial charge in [0.25, 0.3) is 0 Å². The third kappa shape index (κ3) is 5.94.